The molecule has 4 rings (SSSR count). The molecule has 6 heteroatoms. The van der Waals surface area contributed by atoms with E-state index >= 15 is 0 Å². The van der Waals surface area contributed by atoms with Gasteiger partial charge in [-0.05, 0) is 44.5 Å². The topological polar surface area (TPSA) is 68.5 Å². The maximum absolute atomic E-state index is 13.1. The molecule has 1 fully saturated rings. The standard InChI is InChI=1S/C22H25N3O3/c1-13-7-14(2)23-20-10-16(5-6-19(13)20)22(26)25-11-17(21(12-25)27-4)9-18-8-15(3)24-28-18/h5-8,10,17,21H,9,11-12H2,1-4H3. The highest BCUT2D eigenvalue weighted by Gasteiger charge is 2.36. The SMILES string of the molecule is COC1CN(C(=O)c2ccc3c(C)cc(C)nc3c2)CC1Cc1cc(C)no1. The summed E-state index contributed by atoms with van der Waals surface area (Å²) in [5, 5.41) is 5.03. The maximum atomic E-state index is 13.1. The van der Waals surface area contributed by atoms with Crippen molar-refractivity contribution in [1.82, 2.24) is 15.0 Å². The van der Waals surface area contributed by atoms with Gasteiger partial charge in [0, 0.05) is 55.2 Å². The summed E-state index contributed by atoms with van der Waals surface area (Å²) in [6.07, 6.45) is 0.693. The molecular formula is C22H25N3O3. The molecule has 0 radical (unpaired) electrons. The lowest BCUT2D eigenvalue weighted by Gasteiger charge is -2.16. The first-order valence-corrected chi connectivity index (χ1v) is 9.57. The second kappa shape index (κ2) is 7.36. The smallest absolute Gasteiger partial charge is 0.254 e. The Morgan fingerprint density at radius 3 is 2.71 bits per heavy atom. The number of hydrogen-bond acceptors (Lipinski definition) is 5. The number of methoxy groups -OCH3 is 1. The molecule has 0 aliphatic carbocycles. The molecule has 28 heavy (non-hydrogen) atoms. The monoisotopic (exact) mass is 379 g/mol. The second-order valence-corrected chi connectivity index (χ2v) is 7.70. The number of carbonyl (C=O) groups excluding carboxylic acids is 1. The summed E-state index contributed by atoms with van der Waals surface area (Å²) in [4.78, 5) is 19.6. The van der Waals surface area contributed by atoms with Crippen LogP contribution in [0, 0.1) is 26.7 Å². The van der Waals surface area contributed by atoms with E-state index < -0.39 is 0 Å². The molecule has 0 N–H and O–H groups in total. The predicted octanol–water partition coefficient (Wildman–Crippen LogP) is 3.48. The Bertz CT molecular complexity index is 1030. The number of ether oxygens (including phenoxy) is 1. The van der Waals surface area contributed by atoms with Gasteiger partial charge in [-0.1, -0.05) is 11.2 Å². The fraction of sp³-hybridized carbons (Fsp3) is 0.409. The minimum Gasteiger partial charge on any atom is -0.379 e. The Hall–Kier alpha value is -2.73. The molecule has 1 aliphatic rings. The van der Waals surface area contributed by atoms with E-state index in [1.54, 1.807) is 7.11 Å². The van der Waals surface area contributed by atoms with Crippen molar-refractivity contribution in [3.8, 4) is 0 Å². The van der Waals surface area contributed by atoms with E-state index in [0.717, 1.165) is 28.1 Å². The molecule has 0 bridgehead atoms. The molecule has 2 aromatic heterocycles. The molecule has 0 spiro atoms. The molecule has 1 saturated heterocycles. The van der Waals surface area contributed by atoms with Crippen molar-refractivity contribution in [1.29, 1.82) is 0 Å². The number of carbonyl (C=O) groups is 1. The summed E-state index contributed by atoms with van der Waals surface area (Å²) in [5.41, 5.74) is 4.52. The number of rotatable bonds is 4. The van der Waals surface area contributed by atoms with Crippen LogP contribution in [0.15, 0.2) is 34.9 Å². The van der Waals surface area contributed by atoms with Gasteiger partial charge in [0.2, 0.25) is 0 Å². The number of aryl methyl sites for hydroxylation is 3. The van der Waals surface area contributed by atoms with Gasteiger partial charge in [0.05, 0.1) is 17.3 Å². The van der Waals surface area contributed by atoms with Crippen LogP contribution >= 0.6 is 0 Å². The first-order chi connectivity index (χ1) is 13.4. The van der Waals surface area contributed by atoms with E-state index in [1.807, 2.05) is 43.0 Å². The number of fused-ring (bicyclic) bond motifs is 1. The molecular weight excluding hydrogens is 354 g/mol. The van der Waals surface area contributed by atoms with Gasteiger partial charge in [0.15, 0.2) is 0 Å². The van der Waals surface area contributed by atoms with E-state index in [1.165, 1.54) is 5.56 Å². The Morgan fingerprint density at radius 1 is 1.18 bits per heavy atom. The zero-order valence-corrected chi connectivity index (χ0v) is 16.7. The normalized spacial score (nSPS) is 19.5. The van der Waals surface area contributed by atoms with Crippen LogP contribution in [0.3, 0.4) is 0 Å². The third-order valence-electron chi connectivity index (χ3n) is 5.50. The second-order valence-electron chi connectivity index (χ2n) is 7.70. The molecule has 1 amide bonds. The maximum Gasteiger partial charge on any atom is 0.254 e. The molecule has 3 aromatic rings. The third-order valence-corrected chi connectivity index (χ3v) is 5.50. The lowest BCUT2D eigenvalue weighted by molar-refractivity contribution is 0.0672. The van der Waals surface area contributed by atoms with E-state index in [4.69, 9.17) is 9.26 Å². The van der Waals surface area contributed by atoms with Crippen molar-refractivity contribution in [3.63, 3.8) is 0 Å². The number of benzene rings is 1. The number of likely N-dealkylation sites (tertiary alicyclic amines) is 1. The Balaban J connectivity index is 1.55. The van der Waals surface area contributed by atoms with Crippen LogP contribution < -0.4 is 0 Å². The largest absolute Gasteiger partial charge is 0.379 e. The van der Waals surface area contributed by atoms with Gasteiger partial charge < -0.3 is 14.2 Å². The van der Waals surface area contributed by atoms with Crippen LogP contribution in [0.5, 0.6) is 0 Å². The zero-order chi connectivity index (χ0) is 19.8. The van der Waals surface area contributed by atoms with Gasteiger partial charge >= 0.3 is 0 Å². The number of nitrogens with zero attached hydrogens (tertiary/aromatic N) is 3. The first-order valence-electron chi connectivity index (χ1n) is 9.57. The summed E-state index contributed by atoms with van der Waals surface area (Å²) in [6, 6.07) is 9.78. The van der Waals surface area contributed by atoms with Gasteiger partial charge in [-0.2, -0.15) is 0 Å². The fourth-order valence-corrected chi connectivity index (χ4v) is 4.13. The van der Waals surface area contributed by atoms with Crippen LogP contribution in [0.4, 0.5) is 0 Å². The Morgan fingerprint density at radius 2 is 2.00 bits per heavy atom. The summed E-state index contributed by atoms with van der Waals surface area (Å²) in [6.45, 7) is 7.15. The Labute approximate surface area is 164 Å². The minimum atomic E-state index is -0.0163. The van der Waals surface area contributed by atoms with Gasteiger partial charge in [0.25, 0.3) is 5.91 Å². The number of aromatic nitrogens is 2. The minimum absolute atomic E-state index is 0.0150. The molecule has 1 aromatic carbocycles. The summed E-state index contributed by atoms with van der Waals surface area (Å²) < 4.78 is 11.0. The van der Waals surface area contributed by atoms with Gasteiger partial charge in [-0.25, -0.2) is 0 Å². The van der Waals surface area contributed by atoms with Crippen LogP contribution in [-0.2, 0) is 11.2 Å². The van der Waals surface area contributed by atoms with Gasteiger partial charge in [-0.3, -0.25) is 9.78 Å². The van der Waals surface area contributed by atoms with Crippen LogP contribution in [0.2, 0.25) is 0 Å². The number of pyridine rings is 1. The van der Waals surface area contributed by atoms with Crippen molar-refractivity contribution >= 4 is 16.8 Å². The van der Waals surface area contributed by atoms with Crippen LogP contribution in [0.1, 0.15) is 33.1 Å². The average molecular weight is 379 g/mol. The highest BCUT2D eigenvalue weighted by molar-refractivity contribution is 5.98. The molecule has 2 atom stereocenters. The summed E-state index contributed by atoms with van der Waals surface area (Å²) >= 11 is 0. The lowest BCUT2D eigenvalue weighted by Crippen LogP contribution is -2.29. The van der Waals surface area contributed by atoms with Gasteiger partial charge in [0.1, 0.15) is 5.76 Å². The molecule has 1 aliphatic heterocycles. The molecule has 3 heterocycles. The zero-order valence-electron chi connectivity index (χ0n) is 16.7. The lowest BCUT2D eigenvalue weighted by atomic mass is 10.0. The predicted molar refractivity (Wildman–Crippen MR) is 106 cm³/mol. The average Bonchev–Trinajstić information content (AvgIpc) is 3.26. The molecule has 146 valence electrons. The molecule has 6 nitrogen and oxygen atoms in total. The van der Waals surface area contributed by atoms with Gasteiger partial charge in [-0.15, -0.1) is 0 Å². The van der Waals surface area contributed by atoms with Crippen LogP contribution in [0.25, 0.3) is 10.9 Å². The first kappa shape index (κ1) is 18.6. The molecule has 2 unspecified atom stereocenters. The summed E-state index contributed by atoms with van der Waals surface area (Å²) in [7, 11) is 1.70. The quantitative estimate of drug-likeness (QED) is 0.694. The van der Waals surface area contributed by atoms with Crippen molar-refractivity contribution in [2.75, 3.05) is 20.2 Å². The number of hydrogen-bond donors (Lipinski definition) is 0. The van der Waals surface area contributed by atoms with Crippen molar-refractivity contribution in [3.05, 3.63) is 58.6 Å². The van der Waals surface area contributed by atoms with E-state index in [0.29, 0.717) is 25.1 Å². The summed E-state index contributed by atoms with van der Waals surface area (Å²) in [5.74, 6) is 1.03. The van der Waals surface area contributed by atoms with Crippen LogP contribution in [-0.4, -0.2) is 47.3 Å². The van der Waals surface area contributed by atoms with Crippen molar-refractivity contribution in [2.24, 2.45) is 5.92 Å². The molecule has 0 saturated carbocycles. The Kier molecular flexibility index (Phi) is 4.89. The highest BCUT2D eigenvalue weighted by atomic mass is 16.5. The van der Waals surface area contributed by atoms with Crippen molar-refractivity contribution in [2.45, 2.75) is 33.3 Å². The van der Waals surface area contributed by atoms with E-state index in [9.17, 15) is 4.79 Å². The fourth-order valence-electron chi connectivity index (χ4n) is 4.13. The highest BCUT2D eigenvalue weighted by Crippen LogP contribution is 2.26. The van der Waals surface area contributed by atoms with E-state index in [-0.39, 0.29) is 17.9 Å². The third kappa shape index (κ3) is 3.52. The number of amides is 1. The van der Waals surface area contributed by atoms with Crippen molar-refractivity contribution < 1.29 is 14.1 Å². The van der Waals surface area contributed by atoms with E-state index in [2.05, 4.69) is 23.1 Å².